The van der Waals surface area contributed by atoms with E-state index in [0.717, 1.165) is 34.4 Å². The van der Waals surface area contributed by atoms with Crippen LogP contribution in [-0.2, 0) is 6.42 Å². The van der Waals surface area contributed by atoms with Gasteiger partial charge < -0.3 is 10.8 Å². The Bertz CT molecular complexity index is 940. The Morgan fingerprint density at radius 3 is 2.52 bits per heavy atom. The van der Waals surface area contributed by atoms with Gasteiger partial charge in [0.15, 0.2) is 0 Å². The first-order valence-corrected chi connectivity index (χ1v) is 8.12. The average molecular weight is 354 g/mol. The zero-order valence-corrected chi connectivity index (χ0v) is 14.3. The monoisotopic (exact) mass is 353 g/mol. The predicted molar refractivity (Wildman–Crippen MR) is 98.7 cm³/mol. The summed E-state index contributed by atoms with van der Waals surface area (Å²) in [5, 5.41) is 9.35. The minimum absolute atomic E-state index is 0.0749. The van der Waals surface area contributed by atoms with Gasteiger partial charge in [-0.15, -0.1) is 0 Å². The molecule has 0 fully saturated rings. The molecule has 0 aliphatic rings. The summed E-state index contributed by atoms with van der Waals surface area (Å²) >= 11 is 6.14. The molecule has 0 spiro atoms. The van der Waals surface area contributed by atoms with Gasteiger partial charge >= 0.3 is 5.97 Å². The molecule has 1 aromatic carbocycles. The molecular weight excluding hydrogens is 338 g/mol. The minimum Gasteiger partial charge on any atom is -0.478 e. The number of nitrogens with zero attached hydrogens (tertiary/aromatic N) is 2. The first-order valence-electron chi connectivity index (χ1n) is 7.74. The maximum absolute atomic E-state index is 11.2. The van der Waals surface area contributed by atoms with Crippen molar-refractivity contribution in [3.8, 4) is 22.3 Å². The van der Waals surface area contributed by atoms with Crippen LogP contribution in [0.2, 0.25) is 5.02 Å². The second kappa shape index (κ2) is 6.91. The molecule has 3 aromatic rings. The summed E-state index contributed by atoms with van der Waals surface area (Å²) in [6.45, 7) is 2.03. The molecule has 126 valence electrons. The summed E-state index contributed by atoms with van der Waals surface area (Å²) in [5.41, 5.74) is 10.3. The zero-order chi connectivity index (χ0) is 18.0. The van der Waals surface area contributed by atoms with Crippen LogP contribution in [0.15, 0.2) is 48.8 Å². The number of nitrogens with two attached hydrogens (primary N) is 1. The van der Waals surface area contributed by atoms with Crippen LogP contribution in [0.5, 0.6) is 0 Å². The lowest BCUT2D eigenvalue weighted by Gasteiger charge is -2.14. The fourth-order valence-corrected chi connectivity index (χ4v) is 3.01. The molecule has 0 saturated heterocycles. The molecule has 25 heavy (non-hydrogen) atoms. The van der Waals surface area contributed by atoms with Crippen molar-refractivity contribution >= 4 is 23.4 Å². The van der Waals surface area contributed by atoms with E-state index in [2.05, 4.69) is 9.97 Å². The van der Waals surface area contributed by atoms with Gasteiger partial charge in [0.05, 0.1) is 10.6 Å². The standard InChI is InChI=1S/C19H16ClN3O2/c1-2-16-18(12-4-6-17(21)23-10-12)13(7-8-22-16)11-3-5-14(19(24)25)15(20)9-11/h3-10H,2H2,1H3,(H2,21,23)(H,24,25). The first kappa shape index (κ1) is 16.9. The number of pyridine rings is 2. The average Bonchev–Trinajstić information content (AvgIpc) is 2.61. The molecular formula is C19H16ClN3O2. The SMILES string of the molecule is CCc1nccc(-c2ccc(C(=O)O)c(Cl)c2)c1-c1ccc(N)nc1. The van der Waals surface area contributed by atoms with Crippen LogP contribution < -0.4 is 5.73 Å². The number of aromatic carboxylic acids is 1. The Labute approximate surface area is 150 Å². The van der Waals surface area contributed by atoms with E-state index >= 15 is 0 Å². The minimum atomic E-state index is -1.05. The molecule has 0 bridgehead atoms. The third-order valence-electron chi connectivity index (χ3n) is 3.95. The summed E-state index contributed by atoms with van der Waals surface area (Å²) in [4.78, 5) is 19.8. The first-order chi connectivity index (χ1) is 12.0. The van der Waals surface area contributed by atoms with Crippen LogP contribution in [-0.4, -0.2) is 21.0 Å². The number of benzene rings is 1. The Kier molecular flexibility index (Phi) is 4.67. The Morgan fingerprint density at radius 1 is 1.16 bits per heavy atom. The molecule has 3 N–H and O–H groups in total. The summed E-state index contributed by atoms with van der Waals surface area (Å²) in [6.07, 6.45) is 4.19. The van der Waals surface area contributed by atoms with Gasteiger partial charge in [-0.2, -0.15) is 0 Å². The van der Waals surface area contributed by atoms with Crippen molar-refractivity contribution < 1.29 is 9.90 Å². The van der Waals surface area contributed by atoms with E-state index in [1.54, 1.807) is 30.6 Å². The quantitative estimate of drug-likeness (QED) is 0.729. The van der Waals surface area contributed by atoms with Gasteiger partial charge in [0, 0.05) is 29.2 Å². The van der Waals surface area contributed by atoms with Crippen LogP contribution in [0.3, 0.4) is 0 Å². The van der Waals surface area contributed by atoms with E-state index in [1.165, 1.54) is 6.07 Å². The molecule has 3 rings (SSSR count). The molecule has 0 unspecified atom stereocenters. The van der Waals surface area contributed by atoms with Gasteiger partial charge in [0.2, 0.25) is 0 Å². The van der Waals surface area contributed by atoms with Crippen molar-refractivity contribution in [2.45, 2.75) is 13.3 Å². The van der Waals surface area contributed by atoms with E-state index in [-0.39, 0.29) is 10.6 Å². The lowest BCUT2D eigenvalue weighted by molar-refractivity contribution is 0.0697. The number of anilines is 1. The molecule has 0 aliphatic heterocycles. The van der Waals surface area contributed by atoms with Crippen molar-refractivity contribution in [2.24, 2.45) is 0 Å². The van der Waals surface area contributed by atoms with E-state index in [4.69, 9.17) is 22.4 Å². The number of carboxylic acids is 1. The highest BCUT2D eigenvalue weighted by atomic mass is 35.5. The van der Waals surface area contributed by atoms with Crippen molar-refractivity contribution in [3.05, 3.63) is 65.1 Å². The van der Waals surface area contributed by atoms with Crippen molar-refractivity contribution in [1.82, 2.24) is 9.97 Å². The highest BCUT2D eigenvalue weighted by Crippen LogP contribution is 2.35. The number of halogens is 1. The molecule has 0 radical (unpaired) electrons. The highest BCUT2D eigenvalue weighted by Gasteiger charge is 2.15. The summed E-state index contributed by atoms with van der Waals surface area (Å²) < 4.78 is 0. The van der Waals surface area contributed by atoms with E-state index < -0.39 is 5.97 Å². The van der Waals surface area contributed by atoms with E-state index in [1.807, 2.05) is 19.1 Å². The number of aromatic nitrogens is 2. The predicted octanol–water partition coefficient (Wildman–Crippen LogP) is 4.31. The summed E-state index contributed by atoms with van der Waals surface area (Å²) in [5.74, 6) is -0.607. The van der Waals surface area contributed by atoms with Crippen molar-refractivity contribution in [3.63, 3.8) is 0 Å². The lowest BCUT2D eigenvalue weighted by atomic mass is 9.93. The topological polar surface area (TPSA) is 89.1 Å². The molecule has 2 heterocycles. The van der Waals surface area contributed by atoms with E-state index in [0.29, 0.717) is 5.82 Å². The zero-order valence-electron chi connectivity index (χ0n) is 13.5. The Balaban J connectivity index is 2.21. The number of carbonyl (C=O) groups is 1. The second-order valence-electron chi connectivity index (χ2n) is 5.51. The lowest BCUT2D eigenvalue weighted by Crippen LogP contribution is -1.99. The van der Waals surface area contributed by atoms with Gasteiger partial charge in [-0.3, -0.25) is 4.98 Å². The Hall–Kier alpha value is -2.92. The van der Waals surface area contributed by atoms with Crippen LogP contribution in [0.4, 0.5) is 5.82 Å². The number of hydrogen-bond donors (Lipinski definition) is 2. The molecule has 5 nitrogen and oxygen atoms in total. The molecule has 0 aliphatic carbocycles. The van der Waals surface area contributed by atoms with Crippen molar-refractivity contribution in [1.29, 1.82) is 0 Å². The summed E-state index contributed by atoms with van der Waals surface area (Å²) in [7, 11) is 0. The van der Waals surface area contributed by atoms with Gasteiger partial charge in [-0.1, -0.05) is 24.6 Å². The van der Waals surface area contributed by atoms with E-state index in [9.17, 15) is 4.79 Å². The maximum atomic E-state index is 11.2. The maximum Gasteiger partial charge on any atom is 0.337 e. The molecule has 0 saturated carbocycles. The van der Waals surface area contributed by atoms with Gasteiger partial charge in [-0.25, -0.2) is 9.78 Å². The second-order valence-corrected chi connectivity index (χ2v) is 5.91. The van der Waals surface area contributed by atoms with Crippen LogP contribution >= 0.6 is 11.6 Å². The third kappa shape index (κ3) is 3.32. The van der Waals surface area contributed by atoms with Gasteiger partial charge in [0.1, 0.15) is 5.82 Å². The Morgan fingerprint density at radius 2 is 1.92 bits per heavy atom. The van der Waals surface area contributed by atoms with Crippen molar-refractivity contribution in [2.75, 3.05) is 5.73 Å². The molecule has 0 atom stereocenters. The van der Waals surface area contributed by atoms with Gasteiger partial charge in [0.25, 0.3) is 0 Å². The number of carboxylic acid groups (broad SMARTS) is 1. The molecule has 6 heteroatoms. The highest BCUT2D eigenvalue weighted by molar-refractivity contribution is 6.33. The molecule has 2 aromatic heterocycles. The number of nitrogen functional groups attached to an aromatic ring is 1. The number of aryl methyl sites for hydroxylation is 1. The largest absolute Gasteiger partial charge is 0.478 e. The van der Waals surface area contributed by atoms with Crippen LogP contribution in [0.1, 0.15) is 23.0 Å². The van der Waals surface area contributed by atoms with Crippen LogP contribution in [0.25, 0.3) is 22.3 Å². The molecule has 0 amide bonds. The summed E-state index contributed by atoms with van der Waals surface area (Å²) in [6, 6.07) is 10.4. The fourth-order valence-electron chi connectivity index (χ4n) is 2.75. The number of rotatable bonds is 4. The van der Waals surface area contributed by atoms with Crippen LogP contribution in [0, 0.1) is 0 Å². The smallest absolute Gasteiger partial charge is 0.337 e. The fraction of sp³-hybridized carbons (Fsp3) is 0.105. The third-order valence-corrected chi connectivity index (χ3v) is 4.26. The number of hydrogen-bond acceptors (Lipinski definition) is 4. The van der Waals surface area contributed by atoms with Gasteiger partial charge in [-0.05, 0) is 47.9 Å². The normalized spacial score (nSPS) is 10.6.